The molecule has 0 saturated carbocycles. The molecule has 0 spiro atoms. The molecule has 0 aliphatic heterocycles. The van der Waals surface area contributed by atoms with E-state index in [2.05, 4.69) is 32.0 Å². The number of benzene rings is 1. The lowest BCUT2D eigenvalue weighted by Crippen LogP contribution is -2.28. The molecule has 0 fully saturated rings. The van der Waals surface area contributed by atoms with E-state index in [0.717, 1.165) is 48.1 Å². The summed E-state index contributed by atoms with van der Waals surface area (Å²) in [6.45, 7) is 8.41. The quantitative estimate of drug-likeness (QED) is 0.402. The van der Waals surface area contributed by atoms with E-state index in [0.29, 0.717) is 0 Å². The van der Waals surface area contributed by atoms with Gasteiger partial charge in [0.25, 0.3) is 0 Å². The van der Waals surface area contributed by atoms with Gasteiger partial charge in [-0.25, -0.2) is 0 Å². The number of hydrogen-bond donors (Lipinski definition) is 0. The van der Waals surface area contributed by atoms with E-state index >= 15 is 0 Å². The highest BCUT2D eigenvalue weighted by Gasteiger charge is 2.36. The summed E-state index contributed by atoms with van der Waals surface area (Å²) in [5.41, 5.74) is 5.09. The summed E-state index contributed by atoms with van der Waals surface area (Å²) in [5.74, 6) is 0. The number of allylic oxidation sites excluding steroid dienone is 1. The van der Waals surface area contributed by atoms with Crippen molar-refractivity contribution in [3.63, 3.8) is 0 Å². The Morgan fingerprint density at radius 3 is 2.64 bits per heavy atom. The van der Waals surface area contributed by atoms with Crippen LogP contribution in [0.2, 0.25) is 0 Å². The van der Waals surface area contributed by atoms with Crippen molar-refractivity contribution in [3.8, 4) is 0 Å². The minimum atomic E-state index is -0.0977. The highest BCUT2D eigenvalue weighted by Crippen LogP contribution is 2.45. The topological polar surface area (TPSA) is 29.4 Å². The molecule has 0 heterocycles. The monoisotopic (exact) mass is 297 g/mol. The SMILES string of the molecule is CCCCCC1(C)Cc2ccccc2C(N=C(C)C)=C1C=O. The summed E-state index contributed by atoms with van der Waals surface area (Å²) in [4.78, 5) is 16.6. The van der Waals surface area contributed by atoms with Gasteiger partial charge >= 0.3 is 0 Å². The number of rotatable bonds is 6. The van der Waals surface area contributed by atoms with Crippen LogP contribution in [0, 0.1) is 5.41 Å². The normalized spacial score (nSPS) is 20.5. The van der Waals surface area contributed by atoms with Crippen molar-refractivity contribution in [2.45, 2.75) is 59.8 Å². The van der Waals surface area contributed by atoms with Gasteiger partial charge in [-0.15, -0.1) is 0 Å². The lowest BCUT2D eigenvalue weighted by atomic mass is 9.68. The highest BCUT2D eigenvalue weighted by molar-refractivity contribution is 5.96. The zero-order chi connectivity index (χ0) is 16.2. The number of nitrogens with zero attached hydrogens (tertiary/aromatic N) is 1. The van der Waals surface area contributed by atoms with Gasteiger partial charge in [0.1, 0.15) is 6.29 Å². The smallest absolute Gasteiger partial charge is 0.148 e. The molecular formula is C20H27NO. The second-order valence-electron chi connectivity index (χ2n) is 6.79. The molecule has 0 amide bonds. The lowest BCUT2D eigenvalue weighted by molar-refractivity contribution is -0.105. The Morgan fingerprint density at radius 2 is 2.00 bits per heavy atom. The minimum Gasteiger partial charge on any atom is -0.298 e. The number of aldehydes is 1. The zero-order valence-electron chi connectivity index (χ0n) is 14.3. The van der Waals surface area contributed by atoms with Crippen molar-refractivity contribution in [3.05, 3.63) is 41.0 Å². The number of carbonyl (C=O) groups is 1. The van der Waals surface area contributed by atoms with Crippen LogP contribution in [-0.4, -0.2) is 12.0 Å². The third-order valence-corrected chi connectivity index (χ3v) is 4.54. The van der Waals surface area contributed by atoms with Gasteiger partial charge in [0, 0.05) is 22.3 Å². The highest BCUT2D eigenvalue weighted by atomic mass is 16.1. The van der Waals surface area contributed by atoms with Crippen LogP contribution in [0.25, 0.3) is 5.70 Å². The molecule has 0 saturated heterocycles. The van der Waals surface area contributed by atoms with E-state index < -0.39 is 0 Å². The van der Waals surface area contributed by atoms with Gasteiger partial charge < -0.3 is 0 Å². The first-order chi connectivity index (χ1) is 10.5. The first-order valence-electron chi connectivity index (χ1n) is 8.32. The number of hydrogen-bond acceptors (Lipinski definition) is 2. The molecule has 0 radical (unpaired) electrons. The molecule has 1 aromatic rings. The Hall–Kier alpha value is -1.70. The molecule has 1 aliphatic carbocycles. The minimum absolute atomic E-state index is 0.0977. The summed E-state index contributed by atoms with van der Waals surface area (Å²) >= 11 is 0. The van der Waals surface area contributed by atoms with E-state index in [1.807, 2.05) is 19.9 Å². The molecule has 2 rings (SSSR count). The van der Waals surface area contributed by atoms with E-state index in [-0.39, 0.29) is 5.41 Å². The van der Waals surface area contributed by atoms with Crippen molar-refractivity contribution in [2.24, 2.45) is 10.4 Å². The third kappa shape index (κ3) is 3.37. The van der Waals surface area contributed by atoms with Crippen LogP contribution in [-0.2, 0) is 11.2 Å². The Labute approximate surface area is 134 Å². The number of unbranched alkanes of at least 4 members (excludes halogenated alkanes) is 2. The van der Waals surface area contributed by atoms with Crippen molar-refractivity contribution < 1.29 is 4.79 Å². The maximum atomic E-state index is 11.9. The predicted molar refractivity (Wildman–Crippen MR) is 94.2 cm³/mol. The van der Waals surface area contributed by atoms with Gasteiger partial charge in [0.2, 0.25) is 0 Å². The standard InChI is InChI=1S/C20H27NO/c1-5-6-9-12-20(4)13-16-10-7-8-11-17(16)19(18(20)14-22)21-15(2)3/h7-8,10-11,14H,5-6,9,12-13H2,1-4H3. The van der Waals surface area contributed by atoms with Crippen molar-refractivity contribution in [2.75, 3.05) is 0 Å². The number of carbonyl (C=O) groups excluding carboxylic acids is 1. The fraction of sp³-hybridized carbons (Fsp3) is 0.500. The maximum absolute atomic E-state index is 11.9. The third-order valence-electron chi connectivity index (χ3n) is 4.54. The Kier molecular flexibility index (Phi) is 5.33. The van der Waals surface area contributed by atoms with Crippen molar-refractivity contribution in [1.29, 1.82) is 0 Å². The van der Waals surface area contributed by atoms with Crippen LogP contribution in [0.4, 0.5) is 0 Å². The van der Waals surface area contributed by atoms with Gasteiger partial charge in [-0.1, -0.05) is 57.4 Å². The summed E-state index contributed by atoms with van der Waals surface area (Å²) in [5, 5.41) is 0. The molecule has 2 nitrogen and oxygen atoms in total. The molecule has 1 atom stereocenters. The van der Waals surface area contributed by atoms with Gasteiger partial charge in [-0.3, -0.25) is 9.79 Å². The molecule has 0 N–H and O–H groups in total. The van der Waals surface area contributed by atoms with Crippen LogP contribution in [0.5, 0.6) is 0 Å². The number of aliphatic imine (C=N–C) groups is 1. The molecule has 2 heteroatoms. The Balaban J connectivity index is 2.54. The van der Waals surface area contributed by atoms with E-state index in [4.69, 9.17) is 4.99 Å². The summed E-state index contributed by atoms with van der Waals surface area (Å²) in [6.07, 6.45) is 6.60. The maximum Gasteiger partial charge on any atom is 0.148 e. The largest absolute Gasteiger partial charge is 0.298 e. The van der Waals surface area contributed by atoms with E-state index in [1.54, 1.807) is 0 Å². The molecular weight excluding hydrogens is 270 g/mol. The predicted octanol–water partition coefficient (Wildman–Crippen LogP) is 5.22. The molecule has 1 aliphatic rings. The first kappa shape index (κ1) is 16.7. The van der Waals surface area contributed by atoms with E-state index in [9.17, 15) is 4.79 Å². The summed E-state index contributed by atoms with van der Waals surface area (Å²) in [6, 6.07) is 8.38. The second-order valence-corrected chi connectivity index (χ2v) is 6.79. The van der Waals surface area contributed by atoms with Gasteiger partial charge in [-0.05, 0) is 32.3 Å². The fourth-order valence-electron chi connectivity index (χ4n) is 3.38. The molecule has 1 aromatic carbocycles. The van der Waals surface area contributed by atoms with Crippen molar-refractivity contribution in [1.82, 2.24) is 0 Å². The fourth-order valence-corrected chi connectivity index (χ4v) is 3.38. The lowest BCUT2D eigenvalue weighted by Gasteiger charge is -2.36. The van der Waals surface area contributed by atoms with Crippen LogP contribution in [0.15, 0.2) is 34.8 Å². The zero-order valence-corrected chi connectivity index (χ0v) is 14.3. The summed E-state index contributed by atoms with van der Waals surface area (Å²) < 4.78 is 0. The molecule has 1 unspecified atom stereocenters. The van der Waals surface area contributed by atoms with Gasteiger partial charge in [0.15, 0.2) is 0 Å². The number of fused-ring (bicyclic) bond motifs is 1. The van der Waals surface area contributed by atoms with Crippen LogP contribution >= 0.6 is 0 Å². The second kappa shape index (κ2) is 7.04. The molecule has 0 aromatic heterocycles. The molecule has 22 heavy (non-hydrogen) atoms. The van der Waals surface area contributed by atoms with Gasteiger partial charge in [0.05, 0.1) is 5.70 Å². The average molecular weight is 297 g/mol. The Morgan fingerprint density at radius 1 is 1.27 bits per heavy atom. The van der Waals surface area contributed by atoms with Crippen molar-refractivity contribution >= 4 is 17.7 Å². The first-order valence-corrected chi connectivity index (χ1v) is 8.32. The molecule has 118 valence electrons. The molecule has 0 bridgehead atoms. The average Bonchev–Trinajstić information content (AvgIpc) is 2.47. The van der Waals surface area contributed by atoms with Crippen LogP contribution < -0.4 is 0 Å². The Bertz CT molecular complexity index is 608. The van der Waals surface area contributed by atoms with Crippen LogP contribution in [0.1, 0.15) is 64.5 Å². The summed E-state index contributed by atoms with van der Waals surface area (Å²) in [7, 11) is 0. The van der Waals surface area contributed by atoms with E-state index in [1.165, 1.54) is 18.4 Å². The van der Waals surface area contributed by atoms with Gasteiger partial charge in [-0.2, -0.15) is 0 Å². The van der Waals surface area contributed by atoms with Crippen LogP contribution in [0.3, 0.4) is 0 Å².